The zero-order chi connectivity index (χ0) is 19.4. The van der Waals surface area contributed by atoms with Crippen LogP contribution in [-0.4, -0.2) is 23.3 Å². The van der Waals surface area contributed by atoms with Crippen LogP contribution in [0.2, 0.25) is 0 Å². The van der Waals surface area contributed by atoms with Crippen molar-refractivity contribution in [3.63, 3.8) is 0 Å². The Morgan fingerprint density at radius 3 is 2.56 bits per heavy atom. The number of Topliss-reactive ketones (excluding diaryl/α,β-unsaturated/α-hetero) is 1. The Morgan fingerprint density at radius 2 is 1.93 bits per heavy atom. The number of rotatable bonds is 6. The van der Waals surface area contributed by atoms with Crippen molar-refractivity contribution in [3.8, 4) is 17.2 Å². The third kappa shape index (κ3) is 4.30. The number of aryl methyl sites for hydroxylation is 2. The van der Waals surface area contributed by atoms with Crippen LogP contribution in [0.15, 0.2) is 41.1 Å². The molecule has 0 aliphatic carbocycles. The second-order valence-electron chi connectivity index (χ2n) is 5.96. The number of ether oxygens (including phenoxy) is 1. The van der Waals surface area contributed by atoms with Crippen LogP contribution < -0.4 is 0 Å². The summed E-state index contributed by atoms with van der Waals surface area (Å²) in [5, 5.41) is 13.3. The van der Waals surface area contributed by atoms with E-state index >= 15 is 0 Å². The Morgan fingerprint density at radius 1 is 1.19 bits per heavy atom. The zero-order valence-electron chi connectivity index (χ0n) is 14.8. The molecule has 2 aromatic heterocycles. The lowest BCUT2D eigenvalue weighted by Gasteiger charge is -2.08. The molecule has 0 amide bonds. The number of nitriles is 1. The first-order valence-corrected chi connectivity index (χ1v) is 9.91. The van der Waals surface area contributed by atoms with Crippen LogP contribution in [0.1, 0.15) is 31.9 Å². The Balaban J connectivity index is 1.70. The van der Waals surface area contributed by atoms with E-state index < -0.39 is 24.3 Å². The van der Waals surface area contributed by atoms with Gasteiger partial charge >= 0.3 is 5.97 Å². The normalized spacial score (nSPS) is 11.6. The van der Waals surface area contributed by atoms with Crippen LogP contribution in [0, 0.1) is 25.2 Å². The summed E-state index contributed by atoms with van der Waals surface area (Å²) in [5.41, 5.74) is 3.56. The number of hydrogen-bond donors (Lipinski definition) is 0. The third-order valence-corrected chi connectivity index (χ3v) is 5.82. The Bertz CT molecular complexity index is 1010. The summed E-state index contributed by atoms with van der Waals surface area (Å²) in [6.07, 6.45) is 0. The van der Waals surface area contributed by atoms with Gasteiger partial charge in [-0.2, -0.15) is 5.26 Å². The molecule has 0 saturated carbocycles. The molecule has 3 aromatic rings. The maximum atomic E-state index is 12.5. The van der Waals surface area contributed by atoms with Crippen molar-refractivity contribution in [2.75, 3.05) is 6.61 Å². The third-order valence-electron chi connectivity index (χ3n) is 3.89. The van der Waals surface area contributed by atoms with E-state index in [4.69, 9.17) is 4.74 Å². The molecule has 7 heteroatoms. The summed E-state index contributed by atoms with van der Waals surface area (Å²) in [5.74, 6) is -2.06. The molecule has 0 spiro atoms. The number of esters is 1. The lowest BCUT2D eigenvalue weighted by atomic mass is 10.1. The zero-order valence-corrected chi connectivity index (χ0v) is 16.4. The maximum Gasteiger partial charge on any atom is 0.349 e. The first-order valence-electron chi connectivity index (χ1n) is 8.15. The number of aromatic nitrogens is 1. The molecule has 136 valence electrons. The summed E-state index contributed by atoms with van der Waals surface area (Å²) in [7, 11) is 0. The lowest BCUT2D eigenvalue weighted by molar-refractivity contribution is -0.122. The number of carbonyl (C=O) groups is 2. The van der Waals surface area contributed by atoms with E-state index in [0.29, 0.717) is 9.88 Å². The summed E-state index contributed by atoms with van der Waals surface area (Å²) >= 11 is 2.51. The molecule has 1 atom stereocenters. The predicted octanol–water partition coefficient (Wildman–Crippen LogP) is 4.52. The fourth-order valence-electron chi connectivity index (χ4n) is 2.48. The van der Waals surface area contributed by atoms with E-state index in [1.54, 1.807) is 12.3 Å². The SMILES string of the molecule is Cc1ccc(-c2ccsc2C(=O)OCC(=O)[C@H](C#N)c2nc(C)cs2)cc1. The molecule has 0 aliphatic heterocycles. The smallest absolute Gasteiger partial charge is 0.349 e. The second kappa shape index (κ2) is 8.25. The molecule has 0 saturated heterocycles. The van der Waals surface area contributed by atoms with Crippen LogP contribution in [0.3, 0.4) is 0 Å². The first kappa shape index (κ1) is 19.0. The fraction of sp³-hybridized carbons (Fsp3) is 0.200. The first-order chi connectivity index (χ1) is 13.0. The Hall–Kier alpha value is -2.82. The van der Waals surface area contributed by atoms with E-state index in [2.05, 4.69) is 4.98 Å². The van der Waals surface area contributed by atoms with Crippen molar-refractivity contribution in [1.82, 2.24) is 4.98 Å². The minimum absolute atomic E-state index is 0.424. The van der Waals surface area contributed by atoms with Gasteiger partial charge in [-0.3, -0.25) is 4.79 Å². The van der Waals surface area contributed by atoms with Gasteiger partial charge in [0.05, 0.1) is 6.07 Å². The standard InChI is InChI=1S/C20H16N2O3S2/c1-12-3-5-14(6-4-12)15-7-8-26-18(15)20(24)25-10-17(23)16(9-21)19-22-13(2)11-27-19/h3-8,11,16H,10H2,1-2H3/t16-/m0/s1. The molecule has 0 radical (unpaired) electrons. The molecule has 0 bridgehead atoms. The molecule has 1 aromatic carbocycles. The van der Waals surface area contributed by atoms with Gasteiger partial charge in [-0.25, -0.2) is 9.78 Å². The highest BCUT2D eigenvalue weighted by atomic mass is 32.1. The van der Waals surface area contributed by atoms with Crippen LogP contribution >= 0.6 is 22.7 Å². The fourth-order valence-corrected chi connectivity index (χ4v) is 4.15. The molecule has 2 heterocycles. The van der Waals surface area contributed by atoms with E-state index in [1.807, 2.05) is 48.7 Å². The summed E-state index contributed by atoms with van der Waals surface area (Å²) in [6, 6.07) is 11.6. The van der Waals surface area contributed by atoms with Gasteiger partial charge in [0.25, 0.3) is 0 Å². The highest BCUT2D eigenvalue weighted by Crippen LogP contribution is 2.29. The van der Waals surface area contributed by atoms with E-state index in [0.717, 1.165) is 22.4 Å². The molecule has 0 fully saturated rings. The number of thiophene rings is 1. The van der Waals surface area contributed by atoms with Crippen molar-refractivity contribution in [2.24, 2.45) is 0 Å². The van der Waals surface area contributed by atoms with Gasteiger partial charge in [0.1, 0.15) is 9.88 Å². The van der Waals surface area contributed by atoms with Gasteiger partial charge in [-0.1, -0.05) is 29.8 Å². The van der Waals surface area contributed by atoms with Crippen LogP contribution in [0.5, 0.6) is 0 Å². The monoisotopic (exact) mass is 396 g/mol. The topological polar surface area (TPSA) is 80.0 Å². The van der Waals surface area contributed by atoms with Crippen molar-refractivity contribution in [1.29, 1.82) is 5.26 Å². The molecule has 3 rings (SSSR count). The number of thiazole rings is 1. The highest BCUT2D eigenvalue weighted by molar-refractivity contribution is 7.12. The Kier molecular flexibility index (Phi) is 5.79. The highest BCUT2D eigenvalue weighted by Gasteiger charge is 2.25. The minimum Gasteiger partial charge on any atom is -0.453 e. The van der Waals surface area contributed by atoms with Gasteiger partial charge in [-0.15, -0.1) is 22.7 Å². The van der Waals surface area contributed by atoms with Gasteiger partial charge in [0.2, 0.25) is 0 Å². The molecular formula is C20H16N2O3S2. The van der Waals surface area contributed by atoms with Crippen molar-refractivity contribution in [2.45, 2.75) is 19.8 Å². The van der Waals surface area contributed by atoms with E-state index in [1.165, 1.54) is 22.7 Å². The lowest BCUT2D eigenvalue weighted by Crippen LogP contribution is -2.19. The van der Waals surface area contributed by atoms with Crippen LogP contribution in [0.4, 0.5) is 0 Å². The molecule has 5 nitrogen and oxygen atoms in total. The van der Waals surface area contributed by atoms with Crippen LogP contribution in [0.25, 0.3) is 11.1 Å². The average molecular weight is 396 g/mol. The molecule has 0 unspecified atom stereocenters. The van der Waals surface area contributed by atoms with Gasteiger partial charge in [0, 0.05) is 16.6 Å². The van der Waals surface area contributed by atoms with Crippen molar-refractivity contribution in [3.05, 3.63) is 62.2 Å². The minimum atomic E-state index is -1.02. The molecule has 0 N–H and O–H groups in total. The van der Waals surface area contributed by atoms with Crippen molar-refractivity contribution < 1.29 is 14.3 Å². The molecular weight excluding hydrogens is 380 g/mol. The maximum absolute atomic E-state index is 12.5. The molecule has 0 aliphatic rings. The van der Waals surface area contributed by atoms with Gasteiger partial charge < -0.3 is 4.74 Å². The second-order valence-corrected chi connectivity index (χ2v) is 7.77. The molecule has 27 heavy (non-hydrogen) atoms. The number of ketones is 1. The summed E-state index contributed by atoms with van der Waals surface area (Å²) in [6.45, 7) is 3.33. The van der Waals surface area contributed by atoms with E-state index in [-0.39, 0.29) is 0 Å². The summed E-state index contributed by atoms with van der Waals surface area (Å²) < 4.78 is 5.19. The van der Waals surface area contributed by atoms with E-state index in [9.17, 15) is 14.9 Å². The number of nitrogens with zero attached hydrogens (tertiary/aromatic N) is 2. The summed E-state index contributed by atoms with van der Waals surface area (Å²) in [4.78, 5) is 29.4. The Labute approximate surface area is 164 Å². The number of carbonyl (C=O) groups excluding carboxylic acids is 2. The number of benzene rings is 1. The predicted molar refractivity (Wildman–Crippen MR) is 105 cm³/mol. The van der Waals surface area contributed by atoms with Crippen LogP contribution in [-0.2, 0) is 9.53 Å². The van der Waals surface area contributed by atoms with Crippen molar-refractivity contribution >= 4 is 34.4 Å². The van der Waals surface area contributed by atoms with Gasteiger partial charge in [0.15, 0.2) is 18.3 Å². The largest absolute Gasteiger partial charge is 0.453 e. The van der Waals surface area contributed by atoms with Gasteiger partial charge in [-0.05, 0) is 30.9 Å². The average Bonchev–Trinajstić information content (AvgIpc) is 3.30. The number of hydrogen-bond acceptors (Lipinski definition) is 7. The quantitative estimate of drug-likeness (QED) is 0.572.